The molecule has 0 aromatic heterocycles. The van der Waals surface area contributed by atoms with E-state index < -0.39 is 0 Å². The molecule has 0 aliphatic carbocycles. The first kappa shape index (κ1) is 16.6. The van der Waals surface area contributed by atoms with Gasteiger partial charge in [-0.15, -0.1) is 0 Å². The molecule has 1 aromatic carbocycles. The maximum absolute atomic E-state index is 13.7. The lowest BCUT2D eigenvalue weighted by Gasteiger charge is -2.21. The van der Waals surface area contributed by atoms with Gasteiger partial charge in [-0.25, -0.2) is 4.39 Å². The number of hydrogen-bond donors (Lipinski definition) is 1. The number of rotatable bonds is 8. The summed E-state index contributed by atoms with van der Waals surface area (Å²) in [6.45, 7) is 8.00. The van der Waals surface area contributed by atoms with E-state index in [9.17, 15) is 9.18 Å². The number of carbonyl (C=O) groups is 1. The van der Waals surface area contributed by atoms with Crippen LogP contribution in [0.15, 0.2) is 24.3 Å². The average molecular weight is 280 g/mol. The molecule has 1 unspecified atom stereocenters. The first-order valence-corrected chi connectivity index (χ1v) is 7.39. The fourth-order valence-electron chi connectivity index (χ4n) is 2.32. The van der Waals surface area contributed by atoms with E-state index in [4.69, 9.17) is 0 Å². The molecule has 1 aromatic rings. The van der Waals surface area contributed by atoms with Crippen LogP contribution in [0.3, 0.4) is 0 Å². The van der Waals surface area contributed by atoms with Crippen molar-refractivity contribution < 1.29 is 9.18 Å². The highest BCUT2D eigenvalue weighted by Gasteiger charge is 2.14. The Morgan fingerprint density at radius 1 is 1.25 bits per heavy atom. The van der Waals surface area contributed by atoms with E-state index in [1.165, 1.54) is 6.07 Å². The van der Waals surface area contributed by atoms with Crippen molar-refractivity contribution in [3.8, 4) is 0 Å². The molecule has 112 valence electrons. The molecular formula is C16H25FN2O. The lowest BCUT2D eigenvalue weighted by Crippen LogP contribution is -2.33. The van der Waals surface area contributed by atoms with Crippen LogP contribution < -0.4 is 5.32 Å². The van der Waals surface area contributed by atoms with Crippen LogP contribution in [0.25, 0.3) is 0 Å². The second-order valence-electron chi connectivity index (χ2n) is 4.75. The highest BCUT2D eigenvalue weighted by molar-refractivity contribution is 5.76. The lowest BCUT2D eigenvalue weighted by atomic mass is 10.0. The predicted molar refractivity (Wildman–Crippen MR) is 80.0 cm³/mol. The number of benzene rings is 1. The molecular weight excluding hydrogens is 255 g/mol. The van der Waals surface area contributed by atoms with Crippen LogP contribution in [-0.4, -0.2) is 30.4 Å². The Bertz CT molecular complexity index is 419. The number of halogens is 1. The Labute approximate surface area is 121 Å². The average Bonchev–Trinajstić information content (AvgIpc) is 2.46. The third kappa shape index (κ3) is 4.60. The molecule has 1 atom stereocenters. The highest BCUT2D eigenvalue weighted by atomic mass is 19.1. The van der Waals surface area contributed by atoms with Gasteiger partial charge in [0.05, 0.1) is 0 Å². The van der Waals surface area contributed by atoms with Crippen molar-refractivity contribution in [2.45, 2.75) is 39.7 Å². The zero-order chi connectivity index (χ0) is 15.0. The van der Waals surface area contributed by atoms with Gasteiger partial charge in [-0.3, -0.25) is 4.79 Å². The number of carbonyl (C=O) groups excluding carboxylic acids is 1. The van der Waals surface area contributed by atoms with Crippen molar-refractivity contribution in [2.75, 3.05) is 19.6 Å². The van der Waals surface area contributed by atoms with Crippen molar-refractivity contribution in [3.05, 3.63) is 35.6 Å². The van der Waals surface area contributed by atoms with Crippen LogP contribution >= 0.6 is 0 Å². The van der Waals surface area contributed by atoms with Gasteiger partial charge in [0.1, 0.15) is 5.82 Å². The molecule has 0 saturated carbocycles. The quantitative estimate of drug-likeness (QED) is 0.793. The van der Waals surface area contributed by atoms with Crippen LogP contribution in [0.5, 0.6) is 0 Å². The van der Waals surface area contributed by atoms with E-state index in [0.717, 1.165) is 19.5 Å². The van der Waals surface area contributed by atoms with Gasteiger partial charge < -0.3 is 10.2 Å². The second kappa shape index (κ2) is 8.69. The SMILES string of the molecule is CCC(NCCC(=O)N(CC)CC)c1ccccc1F. The van der Waals surface area contributed by atoms with Gasteiger partial charge in [0, 0.05) is 37.7 Å². The molecule has 0 heterocycles. The first-order chi connectivity index (χ1) is 9.63. The van der Waals surface area contributed by atoms with E-state index in [2.05, 4.69) is 5.32 Å². The summed E-state index contributed by atoms with van der Waals surface area (Å²) < 4.78 is 13.7. The summed E-state index contributed by atoms with van der Waals surface area (Å²) in [4.78, 5) is 13.7. The number of amides is 1. The van der Waals surface area contributed by atoms with Crippen molar-refractivity contribution in [2.24, 2.45) is 0 Å². The molecule has 0 aliphatic heterocycles. The van der Waals surface area contributed by atoms with Gasteiger partial charge in [0.25, 0.3) is 0 Å². The maximum Gasteiger partial charge on any atom is 0.223 e. The molecule has 0 spiro atoms. The molecule has 0 fully saturated rings. The Kier molecular flexibility index (Phi) is 7.23. The normalized spacial score (nSPS) is 12.2. The minimum absolute atomic E-state index is 0.0410. The zero-order valence-corrected chi connectivity index (χ0v) is 12.7. The number of nitrogens with zero attached hydrogens (tertiary/aromatic N) is 1. The monoisotopic (exact) mass is 280 g/mol. The molecule has 3 nitrogen and oxygen atoms in total. The van der Waals surface area contributed by atoms with Crippen LogP contribution in [0.1, 0.15) is 45.2 Å². The summed E-state index contributed by atoms with van der Waals surface area (Å²) >= 11 is 0. The van der Waals surface area contributed by atoms with Crippen molar-refractivity contribution in [1.82, 2.24) is 10.2 Å². The minimum Gasteiger partial charge on any atom is -0.343 e. The maximum atomic E-state index is 13.7. The molecule has 0 aliphatic rings. The molecule has 0 bridgehead atoms. The first-order valence-electron chi connectivity index (χ1n) is 7.39. The third-order valence-corrected chi connectivity index (χ3v) is 3.53. The Balaban J connectivity index is 2.51. The van der Waals surface area contributed by atoms with Gasteiger partial charge in [0.15, 0.2) is 0 Å². The number of hydrogen-bond acceptors (Lipinski definition) is 2. The fourth-order valence-corrected chi connectivity index (χ4v) is 2.32. The largest absolute Gasteiger partial charge is 0.343 e. The topological polar surface area (TPSA) is 32.3 Å². The molecule has 20 heavy (non-hydrogen) atoms. The molecule has 0 saturated heterocycles. The van der Waals surface area contributed by atoms with Crippen LogP contribution in [0, 0.1) is 5.82 Å². The van der Waals surface area contributed by atoms with Crippen LogP contribution in [0.4, 0.5) is 4.39 Å². The van der Waals surface area contributed by atoms with Crippen molar-refractivity contribution in [1.29, 1.82) is 0 Å². The minimum atomic E-state index is -0.193. The van der Waals surface area contributed by atoms with E-state index in [1.807, 2.05) is 31.7 Å². The summed E-state index contributed by atoms with van der Waals surface area (Å²) in [7, 11) is 0. The van der Waals surface area contributed by atoms with Crippen LogP contribution in [-0.2, 0) is 4.79 Å². The van der Waals surface area contributed by atoms with Gasteiger partial charge in [-0.05, 0) is 26.3 Å². The van der Waals surface area contributed by atoms with Gasteiger partial charge in [-0.1, -0.05) is 25.1 Å². The van der Waals surface area contributed by atoms with Gasteiger partial charge >= 0.3 is 0 Å². The van der Waals surface area contributed by atoms with Crippen molar-refractivity contribution in [3.63, 3.8) is 0 Å². The molecule has 4 heteroatoms. The summed E-state index contributed by atoms with van der Waals surface area (Å²) in [5, 5.41) is 3.27. The summed E-state index contributed by atoms with van der Waals surface area (Å²) in [5.41, 5.74) is 0.672. The summed E-state index contributed by atoms with van der Waals surface area (Å²) in [6.07, 6.45) is 1.24. The van der Waals surface area contributed by atoms with E-state index >= 15 is 0 Å². The Hall–Kier alpha value is -1.42. The standard InChI is InChI=1S/C16H25FN2O/c1-4-15(13-9-7-8-10-14(13)17)18-12-11-16(20)19(5-2)6-3/h7-10,15,18H,4-6,11-12H2,1-3H3. The van der Waals surface area contributed by atoms with E-state index in [0.29, 0.717) is 18.5 Å². The molecule has 1 rings (SSSR count). The van der Waals surface area contributed by atoms with Crippen molar-refractivity contribution >= 4 is 5.91 Å². The fraction of sp³-hybridized carbons (Fsp3) is 0.562. The highest BCUT2D eigenvalue weighted by Crippen LogP contribution is 2.19. The smallest absolute Gasteiger partial charge is 0.223 e. The number of nitrogens with one attached hydrogen (secondary N) is 1. The Morgan fingerprint density at radius 2 is 1.90 bits per heavy atom. The molecule has 1 N–H and O–H groups in total. The zero-order valence-electron chi connectivity index (χ0n) is 12.7. The molecule has 1 amide bonds. The Morgan fingerprint density at radius 3 is 2.45 bits per heavy atom. The second-order valence-corrected chi connectivity index (χ2v) is 4.75. The summed E-state index contributed by atoms with van der Waals surface area (Å²) in [5.74, 6) is -0.0483. The van der Waals surface area contributed by atoms with E-state index in [-0.39, 0.29) is 17.8 Å². The van der Waals surface area contributed by atoms with Gasteiger partial charge in [-0.2, -0.15) is 0 Å². The van der Waals surface area contributed by atoms with Gasteiger partial charge in [0.2, 0.25) is 5.91 Å². The van der Waals surface area contributed by atoms with E-state index in [1.54, 1.807) is 12.1 Å². The third-order valence-electron chi connectivity index (χ3n) is 3.53. The van der Waals surface area contributed by atoms with Crippen LogP contribution in [0.2, 0.25) is 0 Å². The predicted octanol–water partition coefficient (Wildman–Crippen LogP) is 3.12. The lowest BCUT2D eigenvalue weighted by molar-refractivity contribution is -0.130. The summed E-state index contributed by atoms with van der Waals surface area (Å²) in [6, 6.07) is 6.75. The molecule has 0 radical (unpaired) electrons.